The van der Waals surface area contributed by atoms with Gasteiger partial charge in [0.25, 0.3) is 5.91 Å². The van der Waals surface area contributed by atoms with E-state index in [-0.39, 0.29) is 12.5 Å². The molecular weight excluding hydrogens is 440 g/mol. The Morgan fingerprint density at radius 1 is 1.06 bits per heavy atom. The first kappa shape index (κ1) is 26.5. The van der Waals surface area contributed by atoms with Crippen molar-refractivity contribution < 1.29 is 22.7 Å². The Morgan fingerprint density at radius 2 is 1.76 bits per heavy atom. The molecule has 0 aliphatic heterocycles. The number of methoxy groups -OCH3 is 2. The maximum absolute atomic E-state index is 12.6. The number of ether oxygens (including phenoxy) is 2. The molecule has 0 fully saturated rings. The van der Waals surface area contributed by atoms with Crippen LogP contribution in [-0.4, -0.2) is 41.3 Å². The van der Waals surface area contributed by atoms with Crippen molar-refractivity contribution in [2.24, 2.45) is 5.92 Å². The SMILES string of the molecule is CCCC[C@@H](CC)CNC(=O)c1ccc(CN(c2cc(OC)ccc2OC)S(C)(=O)=O)cc1. The number of sulfonamides is 1. The second-order valence-corrected chi connectivity index (χ2v) is 10.0. The van der Waals surface area contributed by atoms with Crippen LogP contribution in [0.2, 0.25) is 0 Å². The molecule has 182 valence electrons. The highest BCUT2D eigenvalue weighted by Gasteiger charge is 2.22. The third kappa shape index (κ3) is 7.67. The molecule has 1 amide bonds. The van der Waals surface area contributed by atoms with Crippen LogP contribution in [0.3, 0.4) is 0 Å². The predicted molar refractivity (Wildman–Crippen MR) is 133 cm³/mol. The highest BCUT2D eigenvalue weighted by Crippen LogP contribution is 2.34. The first-order valence-electron chi connectivity index (χ1n) is 11.3. The molecule has 2 aromatic rings. The van der Waals surface area contributed by atoms with Crippen molar-refractivity contribution in [3.63, 3.8) is 0 Å². The largest absolute Gasteiger partial charge is 0.497 e. The molecule has 33 heavy (non-hydrogen) atoms. The summed E-state index contributed by atoms with van der Waals surface area (Å²) < 4.78 is 37.1. The van der Waals surface area contributed by atoms with Crippen LogP contribution in [0.4, 0.5) is 5.69 Å². The number of unbranched alkanes of at least 4 members (excludes halogenated alkanes) is 1. The number of carbonyl (C=O) groups excluding carboxylic acids is 1. The van der Waals surface area contributed by atoms with Crippen molar-refractivity contribution in [1.29, 1.82) is 0 Å². The minimum atomic E-state index is -3.61. The van der Waals surface area contributed by atoms with Crippen LogP contribution in [0.25, 0.3) is 0 Å². The van der Waals surface area contributed by atoms with Crippen LogP contribution in [0.1, 0.15) is 55.5 Å². The molecule has 7 nitrogen and oxygen atoms in total. The van der Waals surface area contributed by atoms with Gasteiger partial charge in [-0.3, -0.25) is 9.10 Å². The monoisotopic (exact) mass is 476 g/mol. The van der Waals surface area contributed by atoms with Gasteiger partial charge in [-0.15, -0.1) is 0 Å². The van der Waals surface area contributed by atoms with Crippen molar-refractivity contribution in [3.05, 3.63) is 53.6 Å². The molecule has 0 radical (unpaired) electrons. The zero-order chi connectivity index (χ0) is 24.4. The molecule has 1 atom stereocenters. The number of nitrogens with one attached hydrogen (secondary N) is 1. The summed E-state index contributed by atoms with van der Waals surface area (Å²) in [4.78, 5) is 12.6. The summed E-state index contributed by atoms with van der Waals surface area (Å²) in [5, 5.41) is 3.02. The van der Waals surface area contributed by atoms with E-state index in [9.17, 15) is 13.2 Å². The van der Waals surface area contributed by atoms with Gasteiger partial charge in [0.05, 0.1) is 32.7 Å². The number of benzene rings is 2. The van der Waals surface area contributed by atoms with Crippen molar-refractivity contribution in [2.45, 2.75) is 46.1 Å². The number of amides is 1. The zero-order valence-corrected chi connectivity index (χ0v) is 21.1. The Morgan fingerprint density at radius 3 is 2.30 bits per heavy atom. The summed E-state index contributed by atoms with van der Waals surface area (Å²) in [6.07, 6.45) is 5.61. The number of carbonyl (C=O) groups is 1. The fraction of sp³-hybridized carbons (Fsp3) is 0.480. The van der Waals surface area contributed by atoms with Crippen molar-refractivity contribution in [1.82, 2.24) is 5.32 Å². The van der Waals surface area contributed by atoms with Gasteiger partial charge in [0, 0.05) is 18.2 Å². The molecule has 0 saturated carbocycles. The van der Waals surface area contributed by atoms with Crippen molar-refractivity contribution >= 4 is 21.6 Å². The Kier molecular flexibility index (Phi) is 10.0. The van der Waals surface area contributed by atoms with Gasteiger partial charge in [-0.2, -0.15) is 0 Å². The highest BCUT2D eigenvalue weighted by molar-refractivity contribution is 7.92. The Balaban J connectivity index is 2.16. The molecule has 0 unspecified atom stereocenters. The number of anilines is 1. The van der Waals surface area contributed by atoms with E-state index in [2.05, 4.69) is 19.2 Å². The third-order valence-electron chi connectivity index (χ3n) is 5.69. The Bertz CT molecular complexity index is 1010. The first-order valence-corrected chi connectivity index (χ1v) is 13.1. The maximum atomic E-state index is 12.6. The van der Waals surface area contributed by atoms with E-state index in [0.717, 1.165) is 37.5 Å². The molecule has 0 heterocycles. The van der Waals surface area contributed by atoms with Crippen LogP contribution in [0.5, 0.6) is 11.5 Å². The number of hydrogen-bond acceptors (Lipinski definition) is 5. The smallest absolute Gasteiger partial charge is 0.251 e. The lowest BCUT2D eigenvalue weighted by molar-refractivity contribution is 0.0946. The molecule has 8 heteroatoms. The standard InChI is InChI=1S/C25H36N2O5S/c1-6-8-9-19(7-2)17-26-25(28)21-12-10-20(11-13-21)18-27(33(5,29)30)23-16-22(31-3)14-15-24(23)32-4/h10-16,19H,6-9,17-18H2,1-5H3,(H,26,28)/t19-/m1/s1. The van der Waals surface area contributed by atoms with E-state index in [0.29, 0.717) is 35.2 Å². The van der Waals surface area contributed by atoms with Crippen molar-refractivity contribution in [2.75, 3.05) is 31.3 Å². The lowest BCUT2D eigenvalue weighted by Gasteiger charge is -2.25. The maximum Gasteiger partial charge on any atom is 0.251 e. The fourth-order valence-electron chi connectivity index (χ4n) is 3.58. The van der Waals surface area contributed by atoms with Gasteiger partial charge in [-0.05, 0) is 42.2 Å². The number of hydrogen-bond donors (Lipinski definition) is 1. The fourth-order valence-corrected chi connectivity index (χ4v) is 4.47. The van der Waals surface area contributed by atoms with Crippen LogP contribution in [0.15, 0.2) is 42.5 Å². The Hall–Kier alpha value is -2.74. The minimum absolute atomic E-state index is 0.0964. The average Bonchev–Trinajstić information content (AvgIpc) is 2.81. The van der Waals surface area contributed by atoms with Crippen LogP contribution >= 0.6 is 0 Å². The highest BCUT2D eigenvalue weighted by atomic mass is 32.2. The molecule has 0 aromatic heterocycles. The second kappa shape index (κ2) is 12.5. The molecule has 0 aliphatic carbocycles. The summed E-state index contributed by atoms with van der Waals surface area (Å²) in [7, 11) is -0.599. The second-order valence-electron chi connectivity index (χ2n) is 8.13. The summed E-state index contributed by atoms with van der Waals surface area (Å²) in [5.74, 6) is 1.31. The quantitative estimate of drug-likeness (QED) is 0.456. The first-order chi connectivity index (χ1) is 15.7. The van der Waals surface area contributed by atoms with E-state index in [1.54, 1.807) is 42.5 Å². The number of rotatable bonds is 13. The van der Waals surface area contributed by atoms with Gasteiger partial charge in [0.1, 0.15) is 11.5 Å². The predicted octanol–water partition coefficient (Wildman–Crippen LogP) is 4.62. The van der Waals surface area contributed by atoms with Gasteiger partial charge in [-0.25, -0.2) is 8.42 Å². The third-order valence-corrected chi connectivity index (χ3v) is 6.82. The molecule has 2 rings (SSSR count). The van der Waals surface area contributed by atoms with Gasteiger partial charge < -0.3 is 14.8 Å². The van der Waals surface area contributed by atoms with Crippen molar-refractivity contribution in [3.8, 4) is 11.5 Å². The molecular formula is C25H36N2O5S. The zero-order valence-electron chi connectivity index (χ0n) is 20.3. The van der Waals surface area contributed by atoms with E-state index < -0.39 is 10.0 Å². The van der Waals surface area contributed by atoms with Gasteiger partial charge in [-0.1, -0.05) is 45.2 Å². The van der Waals surface area contributed by atoms with E-state index in [1.807, 2.05) is 0 Å². The topological polar surface area (TPSA) is 84.9 Å². The van der Waals surface area contributed by atoms with Gasteiger partial charge in [0.15, 0.2) is 0 Å². The summed E-state index contributed by atoms with van der Waals surface area (Å²) in [6, 6.07) is 12.0. The molecule has 1 N–H and O–H groups in total. The van der Waals surface area contributed by atoms with E-state index >= 15 is 0 Å². The summed E-state index contributed by atoms with van der Waals surface area (Å²) >= 11 is 0. The van der Waals surface area contributed by atoms with E-state index in [4.69, 9.17) is 9.47 Å². The summed E-state index contributed by atoms with van der Waals surface area (Å²) in [5.41, 5.74) is 1.68. The lowest BCUT2D eigenvalue weighted by atomic mass is 9.99. The summed E-state index contributed by atoms with van der Waals surface area (Å²) in [6.45, 7) is 5.07. The van der Waals surface area contributed by atoms with Crippen LogP contribution in [0, 0.1) is 5.92 Å². The Labute approximate surface area is 198 Å². The molecule has 0 bridgehead atoms. The van der Waals surface area contributed by atoms with Crippen LogP contribution < -0.4 is 19.1 Å². The van der Waals surface area contributed by atoms with Crippen LogP contribution in [-0.2, 0) is 16.6 Å². The van der Waals surface area contributed by atoms with Gasteiger partial charge >= 0.3 is 0 Å². The minimum Gasteiger partial charge on any atom is -0.497 e. The van der Waals surface area contributed by atoms with E-state index in [1.165, 1.54) is 18.5 Å². The average molecular weight is 477 g/mol. The molecule has 0 saturated heterocycles. The molecule has 0 spiro atoms. The molecule has 2 aromatic carbocycles. The lowest BCUT2D eigenvalue weighted by Crippen LogP contribution is -2.30. The number of nitrogens with zero attached hydrogens (tertiary/aromatic N) is 1. The molecule has 0 aliphatic rings. The normalized spacial score (nSPS) is 12.2. The van der Waals surface area contributed by atoms with Gasteiger partial charge in [0.2, 0.25) is 10.0 Å².